The van der Waals surface area contributed by atoms with Crippen LogP contribution >= 0.6 is 11.6 Å². The third kappa shape index (κ3) is 4.68. The molecule has 0 aromatic heterocycles. The quantitative estimate of drug-likeness (QED) is 0.763. The van der Waals surface area contributed by atoms with Crippen molar-refractivity contribution in [2.45, 2.75) is 46.0 Å². The Kier molecular flexibility index (Phi) is 6.18. The van der Waals surface area contributed by atoms with Crippen LogP contribution in [0.2, 0.25) is 5.02 Å². The van der Waals surface area contributed by atoms with Crippen LogP contribution in [0, 0.1) is 13.8 Å². The molecule has 2 rings (SSSR count). The van der Waals surface area contributed by atoms with E-state index in [2.05, 4.69) is 19.9 Å². The molecule has 1 aromatic carbocycles. The van der Waals surface area contributed by atoms with E-state index in [1.54, 1.807) is 4.90 Å². The van der Waals surface area contributed by atoms with Gasteiger partial charge in [0, 0.05) is 12.8 Å². The smallest absolute Gasteiger partial charge is 0.140 e. The minimum Gasteiger partial charge on any atom is -0.492 e. The summed E-state index contributed by atoms with van der Waals surface area (Å²) in [7, 11) is 0. The topological polar surface area (TPSA) is 13.7 Å². The van der Waals surface area contributed by atoms with E-state index >= 15 is 0 Å². The van der Waals surface area contributed by atoms with E-state index in [0.717, 1.165) is 29.4 Å². The van der Waals surface area contributed by atoms with Gasteiger partial charge in [-0.15, -0.1) is 0 Å². The zero-order chi connectivity index (χ0) is 14.4. The number of halogens is 1. The lowest BCUT2D eigenvalue weighted by Crippen LogP contribution is -3.09. The number of benzene rings is 1. The molecular weight excluding hydrogens is 270 g/mol. The minimum atomic E-state index is 0.740. The molecule has 1 fully saturated rings. The van der Waals surface area contributed by atoms with Crippen molar-refractivity contribution < 1.29 is 9.64 Å². The van der Waals surface area contributed by atoms with Gasteiger partial charge in [0.25, 0.3) is 0 Å². The third-order valence-electron chi connectivity index (χ3n) is 4.11. The van der Waals surface area contributed by atoms with Crippen LogP contribution in [0.25, 0.3) is 0 Å². The Hall–Kier alpha value is -0.730. The van der Waals surface area contributed by atoms with Gasteiger partial charge < -0.3 is 9.64 Å². The summed E-state index contributed by atoms with van der Waals surface area (Å²) in [5, 5.41) is 0.740. The fraction of sp³-hybridized carbons (Fsp3) is 0.647. The van der Waals surface area contributed by atoms with Gasteiger partial charge in [-0.3, -0.25) is 0 Å². The molecule has 0 aliphatic carbocycles. The molecule has 1 aromatic rings. The Labute approximate surface area is 128 Å². The zero-order valence-electron chi connectivity index (χ0n) is 12.8. The van der Waals surface area contributed by atoms with Crippen molar-refractivity contribution in [3.05, 3.63) is 28.3 Å². The molecule has 1 N–H and O–H groups in total. The summed E-state index contributed by atoms with van der Waals surface area (Å²) in [6.45, 7) is 9.00. The molecule has 112 valence electrons. The van der Waals surface area contributed by atoms with Gasteiger partial charge in [0.2, 0.25) is 0 Å². The Morgan fingerprint density at radius 1 is 1.10 bits per heavy atom. The Bertz CT molecular complexity index is 404. The molecule has 1 aliphatic heterocycles. The molecule has 0 unspecified atom stereocenters. The van der Waals surface area contributed by atoms with E-state index in [4.69, 9.17) is 16.3 Å². The predicted octanol–water partition coefficient (Wildman–Crippen LogP) is 3.18. The number of hydrogen-bond acceptors (Lipinski definition) is 1. The second-order valence-electron chi connectivity index (χ2n) is 6.01. The third-order valence-corrected chi connectivity index (χ3v) is 4.39. The molecule has 20 heavy (non-hydrogen) atoms. The summed E-state index contributed by atoms with van der Waals surface area (Å²) in [4.78, 5) is 1.79. The molecule has 0 amide bonds. The van der Waals surface area contributed by atoms with E-state index in [1.807, 2.05) is 6.07 Å². The van der Waals surface area contributed by atoms with Gasteiger partial charge in [0.05, 0.1) is 31.3 Å². The summed E-state index contributed by atoms with van der Waals surface area (Å²) in [5.74, 6) is 0.863. The minimum absolute atomic E-state index is 0.740. The Morgan fingerprint density at radius 3 is 2.55 bits per heavy atom. The number of hydrogen-bond donors (Lipinski definition) is 1. The fourth-order valence-corrected chi connectivity index (χ4v) is 3.41. The van der Waals surface area contributed by atoms with E-state index < -0.39 is 0 Å². The van der Waals surface area contributed by atoms with E-state index in [1.165, 1.54) is 50.9 Å². The van der Waals surface area contributed by atoms with Gasteiger partial charge in [-0.2, -0.15) is 0 Å². The highest BCUT2D eigenvalue weighted by Crippen LogP contribution is 2.29. The number of nitrogens with one attached hydrogen (secondary N) is 1. The van der Waals surface area contributed by atoms with Crippen LogP contribution in [-0.4, -0.2) is 26.2 Å². The summed E-state index contributed by atoms with van der Waals surface area (Å²) in [6.07, 6.45) is 6.54. The number of quaternary nitrogens is 1. The molecule has 0 atom stereocenters. The maximum Gasteiger partial charge on any atom is 0.140 e. The molecule has 1 aliphatic rings. The first kappa shape index (κ1) is 15.7. The molecule has 0 radical (unpaired) electrons. The normalized spacial score (nSPS) is 15.8. The largest absolute Gasteiger partial charge is 0.492 e. The molecule has 1 heterocycles. The molecule has 0 spiro atoms. The SMILES string of the molecule is Cc1cc(C)c(OCCCCC[NH+]2CCCC2)c(Cl)c1. The van der Waals surface area contributed by atoms with Crippen LogP contribution in [0.5, 0.6) is 5.75 Å². The van der Waals surface area contributed by atoms with Crippen molar-refractivity contribution in [2.24, 2.45) is 0 Å². The second kappa shape index (κ2) is 7.90. The van der Waals surface area contributed by atoms with Crippen LogP contribution < -0.4 is 9.64 Å². The monoisotopic (exact) mass is 296 g/mol. The van der Waals surface area contributed by atoms with Crippen LogP contribution in [-0.2, 0) is 0 Å². The van der Waals surface area contributed by atoms with Crippen molar-refractivity contribution >= 4 is 11.6 Å². The second-order valence-corrected chi connectivity index (χ2v) is 6.42. The van der Waals surface area contributed by atoms with Crippen molar-refractivity contribution in [3.8, 4) is 5.75 Å². The van der Waals surface area contributed by atoms with E-state index in [0.29, 0.717) is 0 Å². The maximum absolute atomic E-state index is 6.23. The van der Waals surface area contributed by atoms with Crippen LogP contribution in [0.4, 0.5) is 0 Å². The Balaban J connectivity index is 1.63. The number of likely N-dealkylation sites (tertiary alicyclic amines) is 1. The first-order chi connectivity index (χ1) is 9.66. The standard InChI is InChI=1S/C17H26ClNO/c1-14-12-15(2)17(16(18)13-14)20-11-7-3-4-8-19-9-5-6-10-19/h12-13H,3-11H2,1-2H3/p+1. The van der Waals surface area contributed by atoms with E-state index in [9.17, 15) is 0 Å². The molecule has 1 saturated heterocycles. The highest BCUT2D eigenvalue weighted by atomic mass is 35.5. The van der Waals surface area contributed by atoms with Gasteiger partial charge in [0.15, 0.2) is 0 Å². The Morgan fingerprint density at radius 2 is 1.85 bits per heavy atom. The lowest BCUT2D eigenvalue weighted by atomic mass is 10.1. The van der Waals surface area contributed by atoms with Gasteiger partial charge in [-0.25, -0.2) is 0 Å². The molecule has 3 heteroatoms. The van der Waals surface area contributed by atoms with Crippen molar-refractivity contribution in [1.29, 1.82) is 0 Å². The summed E-state index contributed by atoms with van der Waals surface area (Å²) >= 11 is 6.23. The number of ether oxygens (including phenoxy) is 1. The first-order valence-electron chi connectivity index (χ1n) is 7.90. The lowest BCUT2D eigenvalue weighted by molar-refractivity contribution is -0.887. The number of unbranched alkanes of at least 4 members (excludes halogenated alkanes) is 2. The van der Waals surface area contributed by atoms with Crippen LogP contribution in [0.3, 0.4) is 0 Å². The molecule has 0 bridgehead atoms. The van der Waals surface area contributed by atoms with E-state index in [-0.39, 0.29) is 0 Å². The van der Waals surface area contributed by atoms with Gasteiger partial charge in [-0.05, 0) is 50.3 Å². The first-order valence-corrected chi connectivity index (χ1v) is 8.28. The summed E-state index contributed by atoms with van der Waals surface area (Å²) in [5.41, 5.74) is 2.32. The van der Waals surface area contributed by atoms with Gasteiger partial charge in [0.1, 0.15) is 5.75 Å². The fourth-order valence-electron chi connectivity index (χ4n) is 3.04. The lowest BCUT2D eigenvalue weighted by Gasteiger charge is -2.13. The molecular formula is C17H27ClNO+. The van der Waals surface area contributed by atoms with Crippen molar-refractivity contribution in [1.82, 2.24) is 0 Å². The van der Waals surface area contributed by atoms with Crippen molar-refractivity contribution in [2.75, 3.05) is 26.2 Å². The average molecular weight is 297 g/mol. The highest BCUT2D eigenvalue weighted by molar-refractivity contribution is 6.32. The highest BCUT2D eigenvalue weighted by Gasteiger charge is 2.14. The number of rotatable bonds is 7. The van der Waals surface area contributed by atoms with Crippen LogP contribution in [0.1, 0.15) is 43.2 Å². The molecule has 2 nitrogen and oxygen atoms in total. The molecule has 0 saturated carbocycles. The van der Waals surface area contributed by atoms with Crippen molar-refractivity contribution in [3.63, 3.8) is 0 Å². The predicted molar refractivity (Wildman–Crippen MR) is 85.1 cm³/mol. The average Bonchev–Trinajstić information content (AvgIpc) is 2.89. The maximum atomic E-state index is 6.23. The van der Waals surface area contributed by atoms with Crippen LogP contribution in [0.15, 0.2) is 12.1 Å². The van der Waals surface area contributed by atoms with Gasteiger partial charge >= 0.3 is 0 Å². The van der Waals surface area contributed by atoms with Gasteiger partial charge in [-0.1, -0.05) is 17.7 Å². The number of aryl methyl sites for hydroxylation is 2. The summed E-state index contributed by atoms with van der Waals surface area (Å²) in [6, 6.07) is 4.10. The zero-order valence-corrected chi connectivity index (χ0v) is 13.6. The summed E-state index contributed by atoms with van der Waals surface area (Å²) < 4.78 is 5.86.